The number of fused-ring (bicyclic) bond motifs is 1. The topological polar surface area (TPSA) is 52.6 Å². The van der Waals surface area contributed by atoms with E-state index in [1.54, 1.807) is 12.1 Å². The lowest BCUT2D eigenvalue weighted by molar-refractivity contribution is -0.162. The molecular weight excluding hydrogens is 285 g/mol. The fourth-order valence-electron chi connectivity index (χ4n) is 2.45. The molecular formula is C14H17F3N2O2. The first-order valence-corrected chi connectivity index (χ1v) is 6.71. The van der Waals surface area contributed by atoms with Gasteiger partial charge in [-0.1, -0.05) is 18.2 Å². The lowest BCUT2D eigenvalue weighted by atomic mass is 9.97. The summed E-state index contributed by atoms with van der Waals surface area (Å²) in [6, 6.07) is 6.72. The van der Waals surface area contributed by atoms with Crippen LogP contribution in [0.3, 0.4) is 0 Å². The molecule has 1 heterocycles. The number of aliphatic hydroxyl groups excluding tert-OH is 1. The molecule has 1 unspecified atom stereocenters. The van der Waals surface area contributed by atoms with Gasteiger partial charge in [-0.15, -0.1) is 0 Å². The summed E-state index contributed by atoms with van der Waals surface area (Å²) in [6.07, 6.45) is -3.40. The van der Waals surface area contributed by atoms with E-state index in [9.17, 15) is 18.0 Å². The molecule has 0 aliphatic carbocycles. The van der Waals surface area contributed by atoms with Crippen LogP contribution in [-0.4, -0.2) is 47.8 Å². The number of rotatable bonds is 4. The van der Waals surface area contributed by atoms with Crippen molar-refractivity contribution in [2.24, 2.45) is 0 Å². The minimum atomic E-state index is -4.47. The predicted octanol–water partition coefficient (Wildman–Crippen LogP) is 1.80. The molecule has 0 aromatic heterocycles. The van der Waals surface area contributed by atoms with Crippen molar-refractivity contribution in [3.05, 3.63) is 29.8 Å². The van der Waals surface area contributed by atoms with Crippen LogP contribution in [0.15, 0.2) is 24.3 Å². The Labute approximate surface area is 120 Å². The minimum absolute atomic E-state index is 0.321. The van der Waals surface area contributed by atoms with Crippen molar-refractivity contribution in [2.45, 2.75) is 25.1 Å². The Morgan fingerprint density at radius 2 is 2.10 bits per heavy atom. The van der Waals surface area contributed by atoms with E-state index in [0.717, 1.165) is 11.3 Å². The molecule has 7 heteroatoms. The summed E-state index contributed by atoms with van der Waals surface area (Å²) in [4.78, 5) is 12.9. The predicted molar refractivity (Wildman–Crippen MR) is 71.9 cm³/mol. The number of benzene rings is 1. The van der Waals surface area contributed by atoms with Crippen molar-refractivity contribution in [3.63, 3.8) is 0 Å². The van der Waals surface area contributed by atoms with E-state index in [2.05, 4.69) is 5.32 Å². The molecule has 0 radical (unpaired) electrons. The van der Waals surface area contributed by atoms with E-state index in [1.807, 2.05) is 12.1 Å². The first-order chi connectivity index (χ1) is 9.90. The number of nitrogens with one attached hydrogen (secondary N) is 1. The average molecular weight is 302 g/mol. The average Bonchev–Trinajstić information content (AvgIpc) is 2.44. The SMILES string of the molecule is O=C(C1CCc2ccccc2N1)N(CCO)CC(F)(F)F. The number of hydrogen-bond acceptors (Lipinski definition) is 3. The monoisotopic (exact) mass is 302 g/mol. The normalized spacial score (nSPS) is 17.8. The molecule has 0 fully saturated rings. The zero-order chi connectivity index (χ0) is 15.5. The summed E-state index contributed by atoms with van der Waals surface area (Å²) in [5.74, 6) is -0.629. The summed E-state index contributed by atoms with van der Waals surface area (Å²) in [5.41, 5.74) is 1.82. The molecule has 1 aromatic carbocycles. The molecule has 1 amide bonds. The zero-order valence-electron chi connectivity index (χ0n) is 11.4. The van der Waals surface area contributed by atoms with Crippen LogP contribution in [0.4, 0.5) is 18.9 Å². The maximum absolute atomic E-state index is 12.5. The van der Waals surface area contributed by atoms with Crippen molar-refractivity contribution in [2.75, 3.05) is 25.0 Å². The standard InChI is InChI=1S/C14H17F3N2O2/c15-14(16,17)9-19(7-8-20)13(21)12-6-5-10-3-1-2-4-11(10)18-12/h1-4,12,18,20H,5-9H2. The van der Waals surface area contributed by atoms with Crippen LogP contribution in [-0.2, 0) is 11.2 Å². The van der Waals surface area contributed by atoms with Gasteiger partial charge in [0.2, 0.25) is 5.91 Å². The van der Waals surface area contributed by atoms with Crippen molar-refractivity contribution < 1.29 is 23.1 Å². The van der Waals surface area contributed by atoms with Gasteiger partial charge in [0, 0.05) is 12.2 Å². The Balaban J connectivity index is 2.08. The van der Waals surface area contributed by atoms with Crippen molar-refractivity contribution in [3.8, 4) is 0 Å². The number of halogens is 3. The molecule has 2 rings (SSSR count). The smallest absolute Gasteiger partial charge is 0.395 e. The molecule has 1 atom stereocenters. The van der Waals surface area contributed by atoms with Crippen LogP contribution >= 0.6 is 0 Å². The van der Waals surface area contributed by atoms with E-state index in [-0.39, 0.29) is 6.54 Å². The highest BCUT2D eigenvalue weighted by atomic mass is 19.4. The molecule has 1 aromatic rings. The van der Waals surface area contributed by atoms with Gasteiger partial charge < -0.3 is 15.3 Å². The van der Waals surface area contributed by atoms with Gasteiger partial charge in [-0.3, -0.25) is 4.79 Å². The Morgan fingerprint density at radius 3 is 2.76 bits per heavy atom. The van der Waals surface area contributed by atoms with Crippen LogP contribution in [0.1, 0.15) is 12.0 Å². The highest BCUT2D eigenvalue weighted by Crippen LogP contribution is 2.26. The number of hydrogen-bond donors (Lipinski definition) is 2. The molecule has 4 nitrogen and oxygen atoms in total. The molecule has 0 saturated heterocycles. The lowest BCUT2D eigenvalue weighted by Crippen LogP contribution is -2.48. The summed E-state index contributed by atoms with van der Waals surface area (Å²) < 4.78 is 37.5. The number of nitrogens with zero attached hydrogens (tertiary/aromatic N) is 1. The van der Waals surface area contributed by atoms with Crippen LogP contribution in [0.5, 0.6) is 0 Å². The summed E-state index contributed by atoms with van der Waals surface area (Å²) in [5, 5.41) is 11.8. The quantitative estimate of drug-likeness (QED) is 0.891. The number of aryl methyl sites for hydroxylation is 1. The Bertz CT molecular complexity index is 505. The van der Waals surface area contributed by atoms with E-state index in [1.165, 1.54) is 0 Å². The van der Waals surface area contributed by atoms with E-state index in [0.29, 0.717) is 17.7 Å². The minimum Gasteiger partial charge on any atom is -0.395 e. The fraction of sp³-hybridized carbons (Fsp3) is 0.500. The molecule has 21 heavy (non-hydrogen) atoms. The first kappa shape index (κ1) is 15.6. The van der Waals surface area contributed by atoms with Gasteiger partial charge in [-0.25, -0.2) is 0 Å². The number of carbonyl (C=O) groups excluding carboxylic acids is 1. The molecule has 116 valence electrons. The number of carbonyl (C=O) groups is 1. The third-order valence-electron chi connectivity index (χ3n) is 3.40. The van der Waals surface area contributed by atoms with Gasteiger partial charge in [-0.05, 0) is 24.5 Å². The third-order valence-corrected chi connectivity index (χ3v) is 3.40. The Kier molecular flexibility index (Phi) is 4.72. The maximum Gasteiger partial charge on any atom is 0.406 e. The second-order valence-electron chi connectivity index (χ2n) is 4.99. The zero-order valence-corrected chi connectivity index (χ0v) is 11.4. The third kappa shape index (κ3) is 4.10. The number of anilines is 1. The van der Waals surface area contributed by atoms with E-state index < -0.39 is 31.3 Å². The summed E-state index contributed by atoms with van der Waals surface area (Å²) >= 11 is 0. The van der Waals surface area contributed by atoms with E-state index >= 15 is 0 Å². The van der Waals surface area contributed by atoms with Crippen LogP contribution < -0.4 is 5.32 Å². The van der Waals surface area contributed by atoms with Gasteiger partial charge in [0.25, 0.3) is 0 Å². The molecule has 0 spiro atoms. The van der Waals surface area contributed by atoms with Crippen LogP contribution in [0, 0.1) is 0 Å². The van der Waals surface area contributed by atoms with Crippen molar-refractivity contribution in [1.82, 2.24) is 4.90 Å². The fourth-order valence-corrected chi connectivity index (χ4v) is 2.45. The summed E-state index contributed by atoms with van der Waals surface area (Å²) in [6.45, 7) is -2.16. The first-order valence-electron chi connectivity index (χ1n) is 6.71. The number of aliphatic hydroxyl groups is 1. The largest absolute Gasteiger partial charge is 0.406 e. The highest BCUT2D eigenvalue weighted by Gasteiger charge is 2.36. The van der Waals surface area contributed by atoms with Gasteiger partial charge in [-0.2, -0.15) is 13.2 Å². The number of para-hydroxylation sites is 1. The molecule has 0 bridgehead atoms. The molecule has 2 N–H and O–H groups in total. The summed E-state index contributed by atoms with van der Waals surface area (Å²) in [7, 11) is 0. The van der Waals surface area contributed by atoms with Crippen molar-refractivity contribution >= 4 is 11.6 Å². The number of amides is 1. The van der Waals surface area contributed by atoms with Gasteiger partial charge in [0.05, 0.1) is 6.61 Å². The van der Waals surface area contributed by atoms with Crippen LogP contribution in [0.25, 0.3) is 0 Å². The second kappa shape index (κ2) is 6.34. The molecule has 1 aliphatic heterocycles. The van der Waals surface area contributed by atoms with Gasteiger partial charge in [0.1, 0.15) is 12.6 Å². The number of alkyl halides is 3. The highest BCUT2D eigenvalue weighted by molar-refractivity contribution is 5.85. The van der Waals surface area contributed by atoms with Gasteiger partial charge >= 0.3 is 6.18 Å². The maximum atomic E-state index is 12.5. The molecule has 1 aliphatic rings. The molecule has 0 saturated carbocycles. The Hall–Kier alpha value is -1.76. The lowest BCUT2D eigenvalue weighted by Gasteiger charge is -2.31. The van der Waals surface area contributed by atoms with E-state index in [4.69, 9.17) is 5.11 Å². The Morgan fingerprint density at radius 1 is 1.38 bits per heavy atom. The van der Waals surface area contributed by atoms with Crippen LogP contribution in [0.2, 0.25) is 0 Å². The second-order valence-corrected chi connectivity index (χ2v) is 4.99. The van der Waals surface area contributed by atoms with Gasteiger partial charge in [0.15, 0.2) is 0 Å². The van der Waals surface area contributed by atoms with Crippen molar-refractivity contribution in [1.29, 1.82) is 0 Å².